The number of aliphatic hydroxyl groups is 1. The monoisotopic (exact) mass is 255 g/mol. The van der Waals surface area contributed by atoms with Crippen molar-refractivity contribution in [1.82, 2.24) is 0 Å². The number of ether oxygens (including phenoxy) is 1. The topological polar surface area (TPSA) is 32.7 Å². The Morgan fingerprint density at radius 1 is 1.33 bits per heavy atom. The highest BCUT2D eigenvalue weighted by atomic mass is 19.1. The second kappa shape index (κ2) is 6.71. The third kappa shape index (κ3) is 3.96. The number of para-hydroxylation sites is 1. The molecule has 0 aliphatic heterocycles. The number of hydrogen-bond donors (Lipinski definition) is 1. The first-order valence-electron chi connectivity index (χ1n) is 6.22. The summed E-state index contributed by atoms with van der Waals surface area (Å²) in [7, 11) is 1.80. The van der Waals surface area contributed by atoms with Crippen molar-refractivity contribution in [3.05, 3.63) is 29.6 Å². The van der Waals surface area contributed by atoms with Crippen molar-refractivity contribution in [2.45, 2.75) is 33.0 Å². The molecule has 1 aromatic rings. The summed E-state index contributed by atoms with van der Waals surface area (Å²) in [6.45, 7) is 6.67. The van der Waals surface area contributed by atoms with E-state index in [1.165, 1.54) is 6.07 Å². The molecule has 0 saturated carbocycles. The Kier molecular flexibility index (Phi) is 5.56. The Balaban J connectivity index is 2.80. The summed E-state index contributed by atoms with van der Waals surface area (Å²) in [4.78, 5) is 1.78. The zero-order chi connectivity index (χ0) is 13.7. The van der Waals surface area contributed by atoms with Gasteiger partial charge in [-0.1, -0.05) is 12.1 Å². The van der Waals surface area contributed by atoms with Crippen molar-refractivity contribution >= 4 is 5.69 Å². The summed E-state index contributed by atoms with van der Waals surface area (Å²) >= 11 is 0. The second-order valence-corrected chi connectivity index (χ2v) is 4.69. The van der Waals surface area contributed by atoms with Crippen molar-refractivity contribution in [3.63, 3.8) is 0 Å². The molecule has 1 rings (SSSR count). The van der Waals surface area contributed by atoms with E-state index in [0.717, 1.165) is 0 Å². The van der Waals surface area contributed by atoms with Crippen LogP contribution in [0.3, 0.4) is 0 Å². The number of aliphatic hydroxyl groups excluding tert-OH is 1. The number of hydrogen-bond acceptors (Lipinski definition) is 3. The fourth-order valence-electron chi connectivity index (χ4n) is 1.81. The first-order valence-corrected chi connectivity index (χ1v) is 6.22. The highest BCUT2D eigenvalue weighted by molar-refractivity contribution is 5.55. The van der Waals surface area contributed by atoms with Gasteiger partial charge in [-0.2, -0.15) is 0 Å². The lowest BCUT2D eigenvalue weighted by Gasteiger charge is -2.24. The summed E-state index contributed by atoms with van der Waals surface area (Å²) in [5.41, 5.74) is 1.04. The molecule has 3 nitrogen and oxygen atoms in total. The number of likely N-dealkylation sites (N-methyl/N-ethyl adjacent to an activating group) is 1. The number of rotatable bonds is 6. The Morgan fingerprint density at radius 3 is 2.56 bits per heavy atom. The fraction of sp³-hybridized carbons (Fsp3) is 0.571. The lowest BCUT2D eigenvalue weighted by molar-refractivity contribution is 0.0844. The molecule has 0 fully saturated rings. The molecule has 4 heteroatoms. The van der Waals surface area contributed by atoms with Crippen LogP contribution in [0, 0.1) is 5.82 Å². The van der Waals surface area contributed by atoms with Crippen LogP contribution >= 0.6 is 0 Å². The quantitative estimate of drug-likeness (QED) is 0.848. The van der Waals surface area contributed by atoms with Crippen LogP contribution in [0.1, 0.15) is 32.4 Å². The summed E-state index contributed by atoms with van der Waals surface area (Å²) in [6, 6.07) is 4.75. The molecular formula is C14H22FNO2. The molecular weight excluding hydrogens is 233 g/mol. The lowest BCUT2D eigenvalue weighted by Crippen LogP contribution is -2.26. The molecule has 0 aromatic heterocycles. The lowest BCUT2D eigenvalue weighted by atomic mass is 10.1. The highest BCUT2D eigenvalue weighted by Crippen LogP contribution is 2.28. The standard InChI is InChI=1S/C14H22FNO2/c1-10(2)18-9-8-16(4)14-12(11(3)17)6-5-7-13(14)15/h5-7,10-11,17H,8-9H2,1-4H3/t11-/m0/s1. The minimum Gasteiger partial charge on any atom is -0.389 e. The van der Waals surface area contributed by atoms with E-state index >= 15 is 0 Å². The van der Waals surface area contributed by atoms with Crippen molar-refractivity contribution in [3.8, 4) is 0 Å². The molecule has 1 atom stereocenters. The molecule has 0 bridgehead atoms. The largest absolute Gasteiger partial charge is 0.389 e. The summed E-state index contributed by atoms with van der Waals surface area (Å²) in [5, 5.41) is 9.67. The minimum atomic E-state index is -0.691. The molecule has 0 radical (unpaired) electrons. The van der Waals surface area contributed by atoms with E-state index < -0.39 is 6.10 Å². The van der Waals surface area contributed by atoms with E-state index in [1.807, 2.05) is 13.8 Å². The predicted molar refractivity (Wildman–Crippen MR) is 71.4 cm³/mol. The van der Waals surface area contributed by atoms with E-state index in [0.29, 0.717) is 24.4 Å². The van der Waals surface area contributed by atoms with Gasteiger partial charge in [-0.3, -0.25) is 0 Å². The zero-order valence-electron chi connectivity index (χ0n) is 11.5. The van der Waals surface area contributed by atoms with E-state index in [2.05, 4.69) is 0 Å². The predicted octanol–water partition coefficient (Wildman–Crippen LogP) is 2.74. The molecule has 0 unspecified atom stereocenters. The van der Waals surface area contributed by atoms with Gasteiger partial charge in [0.1, 0.15) is 5.82 Å². The zero-order valence-corrected chi connectivity index (χ0v) is 11.5. The second-order valence-electron chi connectivity index (χ2n) is 4.69. The van der Waals surface area contributed by atoms with Crippen LogP contribution < -0.4 is 4.90 Å². The van der Waals surface area contributed by atoms with Crippen LogP contribution in [0.4, 0.5) is 10.1 Å². The van der Waals surface area contributed by atoms with Crippen molar-refractivity contribution < 1.29 is 14.2 Å². The Labute approximate surface area is 108 Å². The first-order chi connectivity index (χ1) is 8.43. The smallest absolute Gasteiger partial charge is 0.146 e. The molecule has 18 heavy (non-hydrogen) atoms. The van der Waals surface area contributed by atoms with Crippen LogP contribution in [-0.4, -0.2) is 31.4 Å². The van der Waals surface area contributed by atoms with E-state index in [9.17, 15) is 9.50 Å². The van der Waals surface area contributed by atoms with Gasteiger partial charge in [-0.05, 0) is 26.8 Å². The van der Waals surface area contributed by atoms with Gasteiger partial charge in [0.05, 0.1) is 24.5 Å². The third-order valence-electron chi connectivity index (χ3n) is 2.73. The van der Waals surface area contributed by atoms with Crippen LogP contribution in [0.15, 0.2) is 18.2 Å². The molecule has 0 aliphatic rings. The van der Waals surface area contributed by atoms with E-state index in [1.54, 1.807) is 31.0 Å². The van der Waals surface area contributed by atoms with Crippen LogP contribution in [0.2, 0.25) is 0 Å². The van der Waals surface area contributed by atoms with Crippen molar-refractivity contribution in [1.29, 1.82) is 0 Å². The maximum absolute atomic E-state index is 13.9. The van der Waals surface area contributed by atoms with Crippen molar-refractivity contribution in [2.75, 3.05) is 25.1 Å². The maximum atomic E-state index is 13.9. The summed E-state index contributed by atoms with van der Waals surface area (Å²) in [6.07, 6.45) is -0.528. The molecule has 102 valence electrons. The molecule has 1 N–H and O–H groups in total. The highest BCUT2D eigenvalue weighted by Gasteiger charge is 2.15. The van der Waals surface area contributed by atoms with Gasteiger partial charge >= 0.3 is 0 Å². The molecule has 0 spiro atoms. The molecule has 0 heterocycles. The van der Waals surface area contributed by atoms with Gasteiger partial charge in [0.25, 0.3) is 0 Å². The first kappa shape index (κ1) is 14.9. The van der Waals surface area contributed by atoms with Gasteiger partial charge in [0.2, 0.25) is 0 Å². The Bertz CT molecular complexity index is 380. The van der Waals surface area contributed by atoms with Gasteiger partial charge in [-0.15, -0.1) is 0 Å². The normalized spacial score (nSPS) is 12.8. The van der Waals surface area contributed by atoms with Gasteiger partial charge in [0, 0.05) is 19.2 Å². The van der Waals surface area contributed by atoms with Gasteiger partial charge < -0.3 is 14.7 Å². The minimum absolute atomic E-state index is 0.162. The Morgan fingerprint density at radius 2 is 2.00 bits per heavy atom. The average Bonchev–Trinajstić information content (AvgIpc) is 2.27. The number of anilines is 1. The summed E-state index contributed by atoms with van der Waals surface area (Å²) < 4.78 is 19.3. The van der Waals surface area contributed by atoms with Crippen molar-refractivity contribution in [2.24, 2.45) is 0 Å². The molecule has 1 aromatic carbocycles. The third-order valence-corrected chi connectivity index (χ3v) is 2.73. The molecule has 0 aliphatic carbocycles. The van der Waals surface area contributed by atoms with Gasteiger partial charge in [0.15, 0.2) is 0 Å². The Hall–Kier alpha value is -1.13. The van der Waals surface area contributed by atoms with E-state index in [4.69, 9.17) is 4.74 Å². The van der Waals surface area contributed by atoms with E-state index in [-0.39, 0.29) is 11.9 Å². The molecule has 0 amide bonds. The SMILES string of the molecule is CC(C)OCCN(C)c1c(F)cccc1[C@H](C)O. The molecule has 0 saturated heterocycles. The van der Waals surface area contributed by atoms with Crippen LogP contribution in [0.5, 0.6) is 0 Å². The maximum Gasteiger partial charge on any atom is 0.146 e. The van der Waals surface area contributed by atoms with Crippen LogP contribution in [0.25, 0.3) is 0 Å². The summed E-state index contributed by atoms with van der Waals surface area (Å²) in [5.74, 6) is -0.319. The number of benzene rings is 1. The van der Waals surface area contributed by atoms with Crippen LogP contribution in [-0.2, 0) is 4.74 Å². The fourth-order valence-corrected chi connectivity index (χ4v) is 1.81. The average molecular weight is 255 g/mol. The van der Waals surface area contributed by atoms with Gasteiger partial charge in [-0.25, -0.2) is 4.39 Å². The number of halogens is 1. The number of nitrogens with zero attached hydrogens (tertiary/aromatic N) is 1.